The molecule has 0 radical (unpaired) electrons. The van der Waals surface area contributed by atoms with Gasteiger partial charge in [0.25, 0.3) is 5.91 Å². The summed E-state index contributed by atoms with van der Waals surface area (Å²) in [6.45, 7) is 2.69. The Morgan fingerprint density at radius 3 is 2.56 bits per heavy atom. The number of carbonyl (C=O) groups is 1. The number of hydrogen-bond donors (Lipinski definition) is 1. The zero-order valence-electron chi connectivity index (χ0n) is 14.5. The van der Waals surface area contributed by atoms with E-state index < -0.39 is 21.7 Å². The van der Waals surface area contributed by atoms with Crippen molar-refractivity contribution in [2.75, 3.05) is 31.6 Å². The van der Waals surface area contributed by atoms with Gasteiger partial charge in [-0.3, -0.25) is 4.79 Å². The number of anilines is 1. The molecule has 9 heteroatoms. The largest absolute Gasteiger partial charge is 0.379 e. The summed E-state index contributed by atoms with van der Waals surface area (Å²) in [6.07, 6.45) is 0. The number of halogens is 2. The molecule has 0 aliphatic carbocycles. The maximum atomic E-state index is 13.7. The van der Waals surface area contributed by atoms with Crippen LogP contribution in [0.5, 0.6) is 0 Å². The summed E-state index contributed by atoms with van der Waals surface area (Å²) in [6, 6.07) is 8.32. The molecule has 1 heterocycles. The van der Waals surface area contributed by atoms with Gasteiger partial charge >= 0.3 is 0 Å². The summed E-state index contributed by atoms with van der Waals surface area (Å²) in [5.74, 6) is -1.04. The summed E-state index contributed by atoms with van der Waals surface area (Å²) in [7, 11) is -3.82. The van der Waals surface area contributed by atoms with Crippen LogP contribution in [0.1, 0.15) is 15.9 Å². The number of carbonyl (C=O) groups excluding carboxylic acids is 1. The van der Waals surface area contributed by atoms with Crippen LogP contribution in [-0.2, 0) is 14.8 Å². The number of nitrogens with one attached hydrogen (secondary N) is 1. The molecule has 27 heavy (non-hydrogen) atoms. The third kappa shape index (κ3) is 4.30. The fourth-order valence-corrected chi connectivity index (χ4v) is 4.55. The predicted molar refractivity (Wildman–Crippen MR) is 100 cm³/mol. The van der Waals surface area contributed by atoms with Crippen LogP contribution in [0.4, 0.5) is 10.1 Å². The zero-order valence-corrected chi connectivity index (χ0v) is 16.1. The first-order valence-electron chi connectivity index (χ1n) is 8.24. The maximum absolute atomic E-state index is 13.7. The number of hydrogen-bond acceptors (Lipinski definition) is 4. The molecular weight excluding hydrogens is 395 g/mol. The van der Waals surface area contributed by atoms with Gasteiger partial charge in [-0.25, -0.2) is 12.8 Å². The van der Waals surface area contributed by atoms with Crippen LogP contribution in [0.3, 0.4) is 0 Å². The second kappa shape index (κ2) is 7.93. The molecule has 1 amide bonds. The van der Waals surface area contributed by atoms with Crippen molar-refractivity contribution < 1.29 is 22.3 Å². The highest BCUT2D eigenvalue weighted by molar-refractivity contribution is 7.89. The lowest BCUT2D eigenvalue weighted by Gasteiger charge is -2.26. The first kappa shape index (κ1) is 19.8. The fourth-order valence-electron chi connectivity index (χ4n) is 2.64. The smallest absolute Gasteiger partial charge is 0.255 e. The van der Waals surface area contributed by atoms with Crippen molar-refractivity contribution in [3.63, 3.8) is 0 Å². The third-order valence-corrected chi connectivity index (χ3v) is 6.59. The molecule has 1 aliphatic rings. The van der Waals surface area contributed by atoms with Gasteiger partial charge in [0, 0.05) is 24.3 Å². The molecule has 0 atom stereocenters. The van der Waals surface area contributed by atoms with E-state index in [1.165, 1.54) is 34.6 Å². The molecular formula is C18H18ClFN2O4S. The van der Waals surface area contributed by atoms with Gasteiger partial charge in [0.15, 0.2) is 0 Å². The van der Waals surface area contributed by atoms with Crippen molar-refractivity contribution in [2.45, 2.75) is 11.8 Å². The maximum Gasteiger partial charge on any atom is 0.255 e. The Labute approximate surface area is 161 Å². The molecule has 1 aliphatic heterocycles. The molecule has 3 rings (SSSR count). The van der Waals surface area contributed by atoms with Gasteiger partial charge < -0.3 is 10.1 Å². The molecule has 0 bridgehead atoms. The van der Waals surface area contributed by atoms with Crippen molar-refractivity contribution in [3.8, 4) is 0 Å². The number of aryl methyl sites for hydroxylation is 1. The average Bonchev–Trinajstić information content (AvgIpc) is 2.66. The van der Waals surface area contributed by atoms with Crippen LogP contribution in [0.2, 0.25) is 5.02 Å². The van der Waals surface area contributed by atoms with E-state index in [2.05, 4.69) is 5.32 Å². The van der Waals surface area contributed by atoms with Gasteiger partial charge in [-0.1, -0.05) is 17.7 Å². The zero-order chi connectivity index (χ0) is 19.6. The van der Waals surface area contributed by atoms with Crippen molar-refractivity contribution in [1.29, 1.82) is 0 Å². The summed E-state index contributed by atoms with van der Waals surface area (Å²) in [5, 5.41) is 2.63. The van der Waals surface area contributed by atoms with Gasteiger partial charge in [-0.2, -0.15) is 4.31 Å². The van der Waals surface area contributed by atoms with Gasteiger partial charge in [-0.05, 0) is 42.8 Å². The Kier molecular flexibility index (Phi) is 5.81. The lowest BCUT2D eigenvalue weighted by atomic mass is 10.1. The molecule has 0 aromatic heterocycles. The molecule has 0 unspecified atom stereocenters. The Hall–Kier alpha value is -2.00. The summed E-state index contributed by atoms with van der Waals surface area (Å²) in [4.78, 5) is 12.2. The number of morpholine rings is 1. The standard InChI is InChI=1S/C18H18ClFN2O4S/c1-12-2-3-13(10-16(12)20)18(23)21-14-4-5-15(19)17(11-14)27(24,25)22-6-8-26-9-7-22/h2-5,10-11H,6-9H2,1H3,(H,21,23). The normalized spacial score (nSPS) is 15.5. The lowest BCUT2D eigenvalue weighted by Crippen LogP contribution is -2.40. The summed E-state index contributed by atoms with van der Waals surface area (Å²) in [5.41, 5.74) is 0.805. The van der Waals surface area contributed by atoms with Gasteiger partial charge in [0.05, 0.1) is 18.2 Å². The SMILES string of the molecule is Cc1ccc(C(=O)Nc2ccc(Cl)c(S(=O)(=O)N3CCOCC3)c2)cc1F. The van der Waals surface area contributed by atoms with Gasteiger partial charge in [0.1, 0.15) is 10.7 Å². The molecule has 6 nitrogen and oxygen atoms in total. The van der Waals surface area contributed by atoms with Crippen molar-refractivity contribution >= 4 is 33.2 Å². The minimum atomic E-state index is -3.82. The van der Waals surface area contributed by atoms with Crippen LogP contribution in [-0.4, -0.2) is 44.9 Å². The highest BCUT2D eigenvalue weighted by Gasteiger charge is 2.28. The molecule has 2 aromatic carbocycles. The molecule has 1 N–H and O–H groups in total. The Morgan fingerprint density at radius 1 is 1.19 bits per heavy atom. The van der Waals surface area contributed by atoms with Gasteiger partial charge in [-0.15, -0.1) is 0 Å². The summed E-state index contributed by atoms with van der Waals surface area (Å²) < 4.78 is 45.8. The molecule has 144 valence electrons. The minimum Gasteiger partial charge on any atom is -0.379 e. The first-order valence-corrected chi connectivity index (χ1v) is 10.1. The van der Waals surface area contributed by atoms with Crippen LogP contribution in [0, 0.1) is 12.7 Å². The van der Waals surface area contributed by atoms with Crippen LogP contribution < -0.4 is 5.32 Å². The summed E-state index contributed by atoms with van der Waals surface area (Å²) >= 11 is 6.09. The fraction of sp³-hybridized carbons (Fsp3) is 0.278. The monoisotopic (exact) mass is 412 g/mol. The van der Waals surface area contributed by atoms with E-state index >= 15 is 0 Å². The Balaban J connectivity index is 1.86. The Morgan fingerprint density at radius 2 is 1.89 bits per heavy atom. The number of amides is 1. The second-order valence-electron chi connectivity index (χ2n) is 6.08. The second-order valence-corrected chi connectivity index (χ2v) is 8.39. The molecule has 2 aromatic rings. The van der Waals surface area contributed by atoms with Crippen LogP contribution >= 0.6 is 11.6 Å². The topological polar surface area (TPSA) is 75.7 Å². The van der Waals surface area contributed by atoms with Crippen LogP contribution in [0.15, 0.2) is 41.3 Å². The predicted octanol–water partition coefficient (Wildman–Crippen LogP) is 3.06. The molecule has 1 fully saturated rings. The number of ether oxygens (including phenoxy) is 1. The van der Waals surface area contributed by atoms with E-state index in [1.807, 2.05) is 0 Å². The third-order valence-electron chi connectivity index (χ3n) is 4.21. The van der Waals surface area contributed by atoms with Crippen molar-refractivity contribution in [2.24, 2.45) is 0 Å². The van der Waals surface area contributed by atoms with Crippen LogP contribution in [0.25, 0.3) is 0 Å². The molecule has 1 saturated heterocycles. The molecule has 0 spiro atoms. The van der Waals surface area contributed by atoms with E-state index in [0.29, 0.717) is 18.8 Å². The Bertz CT molecular complexity index is 975. The number of nitrogens with zero attached hydrogens (tertiary/aromatic N) is 1. The first-order chi connectivity index (χ1) is 12.8. The van der Waals surface area contributed by atoms with E-state index in [4.69, 9.17) is 16.3 Å². The lowest BCUT2D eigenvalue weighted by molar-refractivity contribution is 0.0730. The van der Waals surface area contributed by atoms with E-state index in [9.17, 15) is 17.6 Å². The highest BCUT2D eigenvalue weighted by atomic mass is 35.5. The van der Waals surface area contributed by atoms with E-state index in [-0.39, 0.29) is 34.3 Å². The van der Waals surface area contributed by atoms with E-state index in [0.717, 1.165) is 6.07 Å². The van der Waals surface area contributed by atoms with Crippen molar-refractivity contribution in [3.05, 3.63) is 58.4 Å². The minimum absolute atomic E-state index is 0.0564. The quantitative estimate of drug-likeness (QED) is 0.837. The van der Waals surface area contributed by atoms with Gasteiger partial charge in [0.2, 0.25) is 10.0 Å². The number of rotatable bonds is 4. The molecule has 0 saturated carbocycles. The number of benzene rings is 2. The van der Waals surface area contributed by atoms with Crippen molar-refractivity contribution in [1.82, 2.24) is 4.31 Å². The highest BCUT2D eigenvalue weighted by Crippen LogP contribution is 2.28. The van der Waals surface area contributed by atoms with E-state index in [1.54, 1.807) is 6.92 Å². The number of sulfonamides is 1. The average molecular weight is 413 g/mol.